The van der Waals surface area contributed by atoms with Crippen LogP contribution in [-0.4, -0.2) is 42.9 Å². The summed E-state index contributed by atoms with van der Waals surface area (Å²) in [5.41, 5.74) is 3.46. The van der Waals surface area contributed by atoms with Crippen molar-refractivity contribution in [3.8, 4) is 17.1 Å². The van der Waals surface area contributed by atoms with Crippen LogP contribution in [0.15, 0.2) is 24.3 Å². The highest BCUT2D eigenvalue weighted by atomic mass is 16.5. The van der Waals surface area contributed by atoms with Crippen LogP contribution in [-0.2, 0) is 17.6 Å². The van der Waals surface area contributed by atoms with Gasteiger partial charge in [0, 0.05) is 36.6 Å². The number of methoxy groups -OCH3 is 1. The van der Waals surface area contributed by atoms with E-state index in [0.29, 0.717) is 6.04 Å². The number of rotatable bonds is 3. The standard InChI is InChI=1S/C20H25N3O2/c1-14-4-3-11-23(14)20-17-9-12-25-13-10-18(17)21-19(22-20)15-5-7-16(24-2)8-6-15/h5-8,14H,3-4,9-13H2,1-2H3. The Morgan fingerprint density at radius 3 is 2.64 bits per heavy atom. The maximum absolute atomic E-state index is 5.69. The topological polar surface area (TPSA) is 47.5 Å². The van der Waals surface area contributed by atoms with Gasteiger partial charge in [-0.2, -0.15) is 0 Å². The Kier molecular flexibility index (Phi) is 4.57. The Morgan fingerprint density at radius 1 is 1.12 bits per heavy atom. The minimum absolute atomic E-state index is 0.534. The number of benzene rings is 1. The molecule has 5 heteroatoms. The Labute approximate surface area is 149 Å². The van der Waals surface area contributed by atoms with Crippen LogP contribution in [0, 0.1) is 0 Å². The summed E-state index contributed by atoms with van der Waals surface area (Å²) in [4.78, 5) is 12.4. The van der Waals surface area contributed by atoms with Gasteiger partial charge in [0.1, 0.15) is 11.6 Å². The summed E-state index contributed by atoms with van der Waals surface area (Å²) in [6, 6.07) is 8.53. The molecule has 1 unspecified atom stereocenters. The molecule has 1 saturated heterocycles. The molecule has 0 amide bonds. The SMILES string of the molecule is COc1ccc(-c2nc3c(c(N4CCCC4C)n2)CCOCC3)cc1. The third-order valence-corrected chi connectivity index (χ3v) is 5.22. The zero-order chi connectivity index (χ0) is 17.2. The lowest BCUT2D eigenvalue weighted by Crippen LogP contribution is -2.29. The predicted molar refractivity (Wildman–Crippen MR) is 98.3 cm³/mol. The molecule has 0 spiro atoms. The summed E-state index contributed by atoms with van der Waals surface area (Å²) in [7, 11) is 1.68. The van der Waals surface area contributed by atoms with Gasteiger partial charge in [0.05, 0.1) is 26.0 Å². The highest BCUT2D eigenvalue weighted by Gasteiger charge is 2.27. The van der Waals surface area contributed by atoms with Crippen molar-refractivity contribution in [1.29, 1.82) is 0 Å². The highest BCUT2D eigenvalue weighted by Crippen LogP contribution is 2.32. The molecule has 0 N–H and O–H groups in total. The summed E-state index contributed by atoms with van der Waals surface area (Å²) in [5, 5.41) is 0. The van der Waals surface area contributed by atoms with Crippen LogP contribution in [0.5, 0.6) is 5.75 Å². The summed E-state index contributed by atoms with van der Waals surface area (Å²) in [5.74, 6) is 2.77. The van der Waals surface area contributed by atoms with Gasteiger partial charge < -0.3 is 14.4 Å². The van der Waals surface area contributed by atoms with Gasteiger partial charge in [-0.05, 0) is 44.0 Å². The van der Waals surface area contributed by atoms with Crippen molar-refractivity contribution >= 4 is 5.82 Å². The van der Waals surface area contributed by atoms with E-state index in [2.05, 4.69) is 11.8 Å². The van der Waals surface area contributed by atoms with E-state index < -0.39 is 0 Å². The molecule has 25 heavy (non-hydrogen) atoms. The van der Waals surface area contributed by atoms with E-state index in [9.17, 15) is 0 Å². The van der Waals surface area contributed by atoms with Crippen molar-refractivity contribution in [3.63, 3.8) is 0 Å². The van der Waals surface area contributed by atoms with E-state index in [1.54, 1.807) is 7.11 Å². The summed E-state index contributed by atoms with van der Waals surface area (Å²) < 4.78 is 11.0. The lowest BCUT2D eigenvalue weighted by Gasteiger charge is -2.26. The molecule has 2 aliphatic heterocycles. The number of hydrogen-bond acceptors (Lipinski definition) is 5. The Hall–Kier alpha value is -2.14. The van der Waals surface area contributed by atoms with Crippen molar-refractivity contribution in [3.05, 3.63) is 35.5 Å². The van der Waals surface area contributed by atoms with Crippen molar-refractivity contribution in [2.45, 2.75) is 38.6 Å². The van der Waals surface area contributed by atoms with Crippen molar-refractivity contribution in [1.82, 2.24) is 9.97 Å². The Balaban J connectivity index is 1.80. The van der Waals surface area contributed by atoms with Crippen molar-refractivity contribution < 1.29 is 9.47 Å². The Morgan fingerprint density at radius 2 is 1.92 bits per heavy atom. The minimum Gasteiger partial charge on any atom is -0.497 e. The smallest absolute Gasteiger partial charge is 0.161 e. The molecule has 1 fully saturated rings. The highest BCUT2D eigenvalue weighted by molar-refractivity contribution is 5.62. The van der Waals surface area contributed by atoms with Gasteiger partial charge in [0.2, 0.25) is 0 Å². The van der Waals surface area contributed by atoms with Gasteiger partial charge >= 0.3 is 0 Å². The van der Waals surface area contributed by atoms with Crippen LogP contribution in [0.2, 0.25) is 0 Å². The largest absolute Gasteiger partial charge is 0.497 e. The molecule has 1 aromatic carbocycles. The molecule has 1 aromatic heterocycles. The number of nitrogens with zero attached hydrogens (tertiary/aromatic N) is 3. The van der Waals surface area contributed by atoms with Gasteiger partial charge in [0.25, 0.3) is 0 Å². The van der Waals surface area contributed by atoms with Crippen molar-refractivity contribution in [2.75, 3.05) is 31.8 Å². The lowest BCUT2D eigenvalue weighted by molar-refractivity contribution is 0.146. The molecule has 3 heterocycles. The van der Waals surface area contributed by atoms with Gasteiger partial charge in [-0.15, -0.1) is 0 Å². The zero-order valence-corrected chi connectivity index (χ0v) is 15.0. The summed E-state index contributed by atoms with van der Waals surface area (Å²) >= 11 is 0. The average Bonchev–Trinajstić information content (AvgIpc) is 2.93. The second-order valence-corrected chi connectivity index (χ2v) is 6.82. The molecule has 0 aliphatic carbocycles. The molecule has 4 rings (SSSR count). The lowest BCUT2D eigenvalue weighted by atomic mass is 10.1. The molecule has 2 aliphatic rings. The van der Waals surface area contributed by atoms with Crippen LogP contribution in [0.1, 0.15) is 31.0 Å². The molecule has 1 atom stereocenters. The third kappa shape index (κ3) is 3.21. The first-order valence-electron chi connectivity index (χ1n) is 9.15. The van der Waals surface area contributed by atoms with E-state index in [0.717, 1.165) is 61.2 Å². The minimum atomic E-state index is 0.534. The normalized spacial score (nSPS) is 20.2. The van der Waals surface area contributed by atoms with E-state index >= 15 is 0 Å². The number of anilines is 1. The Bertz CT molecular complexity index is 745. The number of hydrogen-bond donors (Lipinski definition) is 0. The van der Waals surface area contributed by atoms with E-state index in [4.69, 9.17) is 19.4 Å². The molecule has 0 bridgehead atoms. The van der Waals surface area contributed by atoms with E-state index in [1.165, 1.54) is 18.4 Å². The van der Waals surface area contributed by atoms with E-state index in [1.807, 2.05) is 24.3 Å². The van der Waals surface area contributed by atoms with Crippen LogP contribution in [0.3, 0.4) is 0 Å². The van der Waals surface area contributed by atoms with Gasteiger partial charge in [-0.3, -0.25) is 0 Å². The quantitative estimate of drug-likeness (QED) is 0.859. The van der Waals surface area contributed by atoms with Crippen molar-refractivity contribution in [2.24, 2.45) is 0 Å². The summed E-state index contributed by atoms with van der Waals surface area (Å²) in [6.45, 7) is 4.86. The van der Waals surface area contributed by atoms with Gasteiger partial charge in [0.15, 0.2) is 5.82 Å². The first-order chi connectivity index (χ1) is 12.3. The number of ether oxygens (including phenoxy) is 2. The molecular weight excluding hydrogens is 314 g/mol. The van der Waals surface area contributed by atoms with Gasteiger partial charge in [-0.1, -0.05) is 0 Å². The van der Waals surface area contributed by atoms with E-state index in [-0.39, 0.29) is 0 Å². The zero-order valence-electron chi connectivity index (χ0n) is 15.0. The fourth-order valence-electron chi connectivity index (χ4n) is 3.78. The first-order valence-corrected chi connectivity index (χ1v) is 9.15. The molecular formula is C20H25N3O2. The monoisotopic (exact) mass is 339 g/mol. The van der Waals surface area contributed by atoms with Crippen LogP contribution in [0.25, 0.3) is 11.4 Å². The number of aromatic nitrogens is 2. The number of fused-ring (bicyclic) bond motifs is 1. The molecule has 2 aromatic rings. The fraction of sp³-hybridized carbons (Fsp3) is 0.500. The maximum Gasteiger partial charge on any atom is 0.161 e. The first kappa shape index (κ1) is 16.3. The second kappa shape index (κ2) is 7.00. The van der Waals surface area contributed by atoms with Gasteiger partial charge in [-0.25, -0.2) is 9.97 Å². The second-order valence-electron chi connectivity index (χ2n) is 6.82. The average molecular weight is 339 g/mol. The molecule has 5 nitrogen and oxygen atoms in total. The fourth-order valence-corrected chi connectivity index (χ4v) is 3.78. The molecule has 0 radical (unpaired) electrons. The molecule has 132 valence electrons. The predicted octanol–water partition coefficient (Wildman–Crippen LogP) is 3.26. The maximum atomic E-state index is 5.69. The van der Waals surface area contributed by atoms with Crippen LogP contribution < -0.4 is 9.64 Å². The van der Waals surface area contributed by atoms with Crippen LogP contribution in [0.4, 0.5) is 5.82 Å². The molecule has 0 saturated carbocycles. The third-order valence-electron chi connectivity index (χ3n) is 5.22. The summed E-state index contributed by atoms with van der Waals surface area (Å²) in [6.07, 6.45) is 4.22. The van der Waals surface area contributed by atoms with Crippen LogP contribution >= 0.6 is 0 Å².